The number of anilines is 2. The van der Waals surface area contributed by atoms with Crippen LogP contribution in [0.4, 0.5) is 38.0 Å². The molecule has 0 aromatic carbocycles. The first-order valence-electron chi connectivity index (χ1n) is 10.9. The van der Waals surface area contributed by atoms with Gasteiger partial charge in [0.15, 0.2) is 0 Å². The van der Waals surface area contributed by atoms with E-state index in [0.717, 1.165) is 6.20 Å². The third-order valence-corrected chi connectivity index (χ3v) is 4.86. The fourth-order valence-electron chi connectivity index (χ4n) is 3.16. The zero-order valence-electron chi connectivity index (χ0n) is 19.6. The van der Waals surface area contributed by atoms with Crippen molar-refractivity contribution in [2.75, 3.05) is 29.9 Å². The predicted octanol–water partition coefficient (Wildman–Crippen LogP) is 2.67. The summed E-state index contributed by atoms with van der Waals surface area (Å²) in [6, 6.07) is -0.791. The molecule has 0 saturated carbocycles. The molecule has 1 unspecified atom stereocenters. The molecular formula is C20H21F6N7O3. The number of H-pyrrole nitrogens is 1. The number of hydrogen-bond acceptors (Lipinski definition) is 8. The number of carbonyl (C=O) groups is 1. The Kier molecular flexibility index (Phi) is 7.71. The van der Waals surface area contributed by atoms with Gasteiger partial charge in [0.1, 0.15) is 5.56 Å². The monoisotopic (exact) mass is 522 g/mol. The van der Waals surface area contributed by atoms with E-state index in [1.54, 1.807) is 16.1 Å². The number of aromatic amines is 1. The quantitative estimate of drug-likeness (QED) is 0.275. The van der Waals surface area contributed by atoms with Gasteiger partial charge in [0.2, 0.25) is 11.9 Å². The predicted molar refractivity (Wildman–Crippen MR) is 114 cm³/mol. The summed E-state index contributed by atoms with van der Waals surface area (Å²) < 4.78 is 85.4. The van der Waals surface area contributed by atoms with Crippen molar-refractivity contribution in [1.29, 1.82) is 0 Å². The van der Waals surface area contributed by atoms with E-state index in [2.05, 4.69) is 25.9 Å². The van der Waals surface area contributed by atoms with Crippen LogP contribution in [0.25, 0.3) is 0 Å². The summed E-state index contributed by atoms with van der Waals surface area (Å²) in [6.07, 6.45) is -6.89. The second kappa shape index (κ2) is 10.9. The van der Waals surface area contributed by atoms with E-state index < -0.39 is 53.1 Å². The summed E-state index contributed by atoms with van der Waals surface area (Å²) in [6.45, 7) is 1.55. The van der Waals surface area contributed by atoms with Crippen molar-refractivity contribution in [2.45, 2.75) is 38.1 Å². The van der Waals surface area contributed by atoms with Crippen molar-refractivity contribution in [3.05, 3.63) is 51.7 Å². The molecule has 2 aromatic rings. The normalized spacial score (nSPS) is 16.6. The van der Waals surface area contributed by atoms with E-state index >= 15 is 0 Å². The summed E-state index contributed by atoms with van der Waals surface area (Å²) in [4.78, 5) is 37.8. The highest BCUT2D eigenvalue weighted by Gasteiger charge is 2.37. The summed E-state index contributed by atoms with van der Waals surface area (Å²) >= 11 is 0. The minimum atomic E-state index is -4.92. The molecule has 3 N–H and O–H groups in total. The largest absolute Gasteiger partial charge is 0.423 e. The van der Waals surface area contributed by atoms with Gasteiger partial charge in [0.05, 0.1) is 24.1 Å². The van der Waals surface area contributed by atoms with Gasteiger partial charge in [0.25, 0.3) is 5.56 Å². The molecule has 1 amide bonds. The minimum absolute atomic E-state index is 0.0726. The van der Waals surface area contributed by atoms with Crippen LogP contribution < -0.4 is 21.3 Å². The molecule has 196 valence electrons. The van der Waals surface area contributed by atoms with Gasteiger partial charge in [-0.1, -0.05) is 11.6 Å². The first kappa shape index (κ1) is 25.4. The first-order valence-corrected chi connectivity index (χ1v) is 10.4. The third kappa shape index (κ3) is 7.16. The van der Waals surface area contributed by atoms with Crippen LogP contribution in [0.3, 0.4) is 0 Å². The lowest BCUT2D eigenvalue weighted by Crippen LogP contribution is -2.34. The highest BCUT2D eigenvalue weighted by atomic mass is 19.4. The standard InChI is InChI=1S/C20H21F6N7O3/c1-11(30-14-9-29-31-17(35)16(14)20(24,25)26)10-36-32-15(34)6-12-2-4-33(5-3-12)18-27-7-13(8-28-18)19(21,22)23/h2,7-9,11H,3-6,10H2,1H3,(H,32,34)(H2,30,31,35)/t11-/m0/s1/i6D/t6?,11-. The lowest BCUT2D eigenvalue weighted by atomic mass is 10.0. The number of aromatic nitrogens is 4. The average Bonchev–Trinajstić information content (AvgIpc) is 2.82. The van der Waals surface area contributed by atoms with Crippen LogP contribution in [0.15, 0.2) is 35.0 Å². The molecule has 0 bridgehead atoms. The Morgan fingerprint density at radius 1 is 1.22 bits per heavy atom. The van der Waals surface area contributed by atoms with Crippen LogP contribution >= 0.6 is 0 Å². The summed E-state index contributed by atoms with van der Waals surface area (Å²) in [5.41, 5.74) is -1.93. The molecular weight excluding hydrogens is 500 g/mol. The lowest BCUT2D eigenvalue weighted by molar-refractivity contribution is -0.139. The molecule has 0 saturated heterocycles. The fraction of sp³-hybridized carbons (Fsp3) is 0.450. The highest BCUT2D eigenvalue weighted by molar-refractivity contribution is 5.77. The molecule has 2 atom stereocenters. The topological polar surface area (TPSA) is 125 Å². The average molecular weight is 522 g/mol. The van der Waals surface area contributed by atoms with Gasteiger partial charge in [-0.25, -0.2) is 20.5 Å². The smallest absolute Gasteiger partial charge is 0.378 e. The van der Waals surface area contributed by atoms with Crippen LogP contribution in [-0.4, -0.2) is 51.8 Å². The highest BCUT2D eigenvalue weighted by Crippen LogP contribution is 2.31. The van der Waals surface area contributed by atoms with Crippen LogP contribution in [0.1, 0.15) is 32.2 Å². The summed E-state index contributed by atoms with van der Waals surface area (Å²) in [5, 5.41) is 7.49. The van der Waals surface area contributed by atoms with E-state index in [0.29, 0.717) is 18.0 Å². The molecule has 1 aliphatic heterocycles. The number of alkyl halides is 6. The number of hydrogen-bond donors (Lipinski definition) is 3. The van der Waals surface area contributed by atoms with E-state index in [9.17, 15) is 35.9 Å². The summed E-state index contributed by atoms with van der Waals surface area (Å²) in [5.74, 6) is -0.755. The van der Waals surface area contributed by atoms with Gasteiger partial charge in [-0.05, 0) is 13.3 Å². The second-order valence-electron chi connectivity index (χ2n) is 7.70. The maximum absolute atomic E-state index is 13.1. The number of amides is 1. The Morgan fingerprint density at radius 2 is 1.92 bits per heavy atom. The van der Waals surface area contributed by atoms with Crippen molar-refractivity contribution in [1.82, 2.24) is 25.6 Å². The lowest BCUT2D eigenvalue weighted by Gasteiger charge is -2.26. The Bertz CT molecular complexity index is 1190. The molecule has 0 spiro atoms. The first-order chi connectivity index (χ1) is 17.3. The fourth-order valence-corrected chi connectivity index (χ4v) is 3.16. The van der Waals surface area contributed by atoms with E-state index in [4.69, 9.17) is 6.21 Å². The number of carbonyl (C=O) groups excluding carboxylic acids is 1. The van der Waals surface area contributed by atoms with Gasteiger partial charge in [-0.15, -0.1) is 0 Å². The number of hydroxylamine groups is 1. The number of halogens is 6. The van der Waals surface area contributed by atoms with Gasteiger partial charge in [0, 0.05) is 39.3 Å². The van der Waals surface area contributed by atoms with Gasteiger partial charge >= 0.3 is 12.4 Å². The Labute approximate surface area is 201 Å². The maximum atomic E-state index is 13.1. The van der Waals surface area contributed by atoms with Crippen LogP contribution in [0.5, 0.6) is 0 Å². The van der Waals surface area contributed by atoms with Crippen molar-refractivity contribution < 1.29 is 37.3 Å². The van der Waals surface area contributed by atoms with E-state index in [-0.39, 0.29) is 32.1 Å². The number of nitrogens with one attached hydrogen (secondary N) is 3. The van der Waals surface area contributed by atoms with Crippen LogP contribution in [0, 0.1) is 0 Å². The molecule has 1 aliphatic rings. The molecule has 3 heterocycles. The maximum Gasteiger partial charge on any atom is 0.423 e. The van der Waals surface area contributed by atoms with Crippen molar-refractivity contribution in [2.24, 2.45) is 0 Å². The van der Waals surface area contributed by atoms with Crippen molar-refractivity contribution in [3.63, 3.8) is 0 Å². The molecule has 10 nitrogen and oxygen atoms in total. The van der Waals surface area contributed by atoms with Crippen molar-refractivity contribution in [3.8, 4) is 0 Å². The van der Waals surface area contributed by atoms with Gasteiger partial charge in [-0.2, -0.15) is 31.4 Å². The Morgan fingerprint density at radius 3 is 2.50 bits per heavy atom. The van der Waals surface area contributed by atoms with E-state index in [1.807, 2.05) is 0 Å². The molecule has 36 heavy (non-hydrogen) atoms. The second-order valence-corrected chi connectivity index (χ2v) is 7.70. The zero-order valence-corrected chi connectivity index (χ0v) is 18.6. The molecule has 2 aromatic heterocycles. The number of rotatable bonds is 8. The molecule has 16 heteroatoms. The van der Waals surface area contributed by atoms with E-state index in [1.165, 1.54) is 6.92 Å². The van der Waals surface area contributed by atoms with Crippen LogP contribution in [0.2, 0.25) is 0 Å². The SMILES string of the molecule is [2H]C(C(=O)NOC[C@H](C)Nc1cn[nH]c(=O)c1C(F)(F)F)C1=CCN(c2ncc(C(F)(F)F)cn2)CC1. The Balaban J connectivity index is 1.49. The molecule has 3 rings (SSSR count). The molecule has 0 radical (unpaired) electrons. The number of nitrogens with zero attached hydrogens (tertiary/aromatic N) is 4. The third-order valence-electron chi connectivity index (χ3n) is 4.86. The molecule has 0 fully saturated rings. The van der Waals surface area contributed by atoms with Crippen LogP contribution in [-0.2, 0) is 22.0 Å². The minimum Gasteiger partial charge on any atom is -0.378 e. The van der Waals surface area contributed by atoms with Gasteiger partial charge in [-0.3, -0.25) is 14.4 Å². The van der Waals surface area contributed by atoms with Gasteiger partial charge < -0.3 is 10.2 Å². The zero-order chi connectivity index (χ0) is 27.4. The molecule has 0 aliphatic carbocycles. The Hall–Kier alpha value is -3.69. The summed E-state index contributed by atoms with van der Waals surface area (Å²) in [7, 11) is 0. The van der Waals surface area contributed by atoms with Crippen molar-refractivity contribution >= 4 is 17.5 Å².